The first-order chi connectivity index (χ1) is 18.0. The van der Waals surface area contributed by atoms with Crippen molar-refractivity contribution in [2.24, 2.45) is 0 Å². The molecule has 0 unspecified atom stereocenters. The number of carbonyl (C=O) groups is 2. The molecule has 188 valence electrons. The van der Waals surface area contributed by atoms with Crippen molar-refractivity contribution in [1.82, 2.24) is 15.0 Å². The third-order valence-electron chi connectivity index (χ3n) is 7.33. The van der Waals surface area contributed by atoms with Crippen molar-refractivity contribution in [3.05, 3.63) is 71.8 Å². The van der Waals surface area contributed by atoms with E-state index in [-0.39, 0.29) is 11.6 Å². The average molecular weight is 492 g/mol. The lowest BCUT2D eigenvalue weighted by molar-refractivity contribution is 0.100. The predicted octanol–water partition coefficient (Wildman–Crippen LogP) is 8.17. The zero-order valence-electron chi connectivity index (χ0n) is 21.9. The van der Waals surface area contributed by atoms with E-state index in [9.17, 15) is 9.59 Å². The summed E-state index contributed by atoms with van der Waals surface area (Å²) in [6.07, 6.45) is 7.24. The van der Waals surface area contributed by atoms with Crippen LogP contribution in [0.15, 0.2) is 60.7 Å². The Labute approximate surface area is 217 Å². The maximum Gasteiger partial charge on any atom is 0.159 e. The first-order valence-corrected chi connectivity index (χ1v) is 13.3. The first-order valence-electron chi connectivity index (χ1n) is 13.3. The summed E-state index contributed by atoms with van der Waals surface area (Å²) in [5.74, 6) is 0.0983. The van der Waals surface area contributed by atoms with Gasteiger partial charge in [-0.15, -0.1) is 5.10 Å². The Bertz CT molecular complexity index is 1610. The lowest BCUT2D eigenvalue weighted by atomic mass is 9.91. The fourth-order valence-electron chi connectivity index (χ4n) is 5.30. The van der Waals surface area contributed by atoms with Gasteiger partial charge in [0, 0.05) is 28.4 Å². The number of rotatable bonds is 10. The van der Waals surface area contributed by atoms with E-state index in [1.54, 1.807) is 13.8 Å². The Kier molecular flexibility index (Phi) is 7.13. The molecule has 0 saturated carbocycles. The van der Waals surface area contributed by atoms with E-state index in [2.05, 4.69) is 36.4 Å². The summed E-state index contributed by atoms with van der Waals surface area (Å²) in [5.41, 5.74) is 5.30. The molecule has 0 fully saturated rings. The van der Waals surface area contributed by atoms with E-state index in [0.29, 0.717) is 11.1 Å². The molecule has 5 aromatic rings. The molecule has 0 spiro atoms. The molecule has 0 N–H and O–H groups in total. The number of ketones is 2. The van der Waals surface area contributed by atoms with Crippen LogP contribution in [0.5, 0.6) is 0 Å². The molecule has 0 aliphatic carbocycles. The topological polar surface area (TPSA) is 64.8 Å². The second kappa shape index (κ2) is 10.6. The Morgan fingerprint density at radius 3 is 2.19 bits per heavy atom. The van der Waals surface area contributed by atoms with Gasteiger partial charge in [-0.2, -0.15) is 0 Å². The minimum Gasteiger partial charge on any atom is -0.295 e. The van der Waals surface area contributed by atoms with Gasteiger partial charge in [0.05, 0.1) is 5.52 Å². The summed E-state index contributed by atoms with van der Waals surface area (Å²) in [4.78, 5) is 24.1. The summed E-state index contributed by atoms with van der Waals surface area (Å²) in [7, 11) is 0. The second-order valence-corrected chi connectivity index (χ2v) is 9.96. The Hall–Kier alpha value is -3.86. The summed E-state index contributed by atoms with van der Waals surface area (Å²) in [6.45, 7) is 6.22. The van der Waals surface area contributed by atoms with Crippen molar-refractivity contribution in [3.8, 4) is 11.1 Å². The molecular formula is C32H33N3O2. The van der Waals surface area contributed by atoms with E-state index in [1.165, 1.54) is 32.1 Å². The highest BCUT2D eigenvalue weighted by Crippen LogP contribution is 2.39. The van der Waals surface area contributed by atoms with Crippen LogP contribution < -0.4 is 0 Å². The van der Waals surface area contributed by atoms with Gasteiger partial charge < -0.3 is 0 Å². The highest BCUT2D eigenvalue weighted by atomic mass is 16.1. The summed E-state index contributed by atoms with van der Waals surface area (Å²) >= 11 is 0. The van der Waals surface area contributed by atoms with Crippen molar-refractivity contribution in [2.45, 2.75) is 65.8 Å². The average Bonchev–Trinajstić information content (AvgIpc) is 3.34. The standard InChI is InChI=1S/C32H33N3O2/c1-4-5-6-7-8-9-19-35-32-29-20-25(22(3)37)17-18-27(29)28-12-10-11-26(30(28)31(32)33-34-35)24-15-13-23(14-16-24)21(2)36/h10-18,20H,4-9,19H2,1-3H3. The van der Waals surface area contributed by atoms with Crippen LogP contribution in [0.3, 0.4) is 0 Å². The van der Waals surface area contributed by atoms with Crippen LogP contribution in [0.4, 0.5) is 0 Å². The number of carbonyl (C=O) groups excluding carboxylic acids is 2. The van der Waals surface area contributed by atoms with Gasteiger partial charge in [0.1, 0.15) is 5.52 Å². The summed E-state index contributed by atoms with van der Waals surface area (Å²) in [5, 5.41) is 13.5. The summed E-state index contributed by atoms with van der Waals surface area (Å²) < 4.78 is 2.02. The second-order valence-electron chi connectivity index (χ2n) is 9.96. The minimum atomic E-state index is 0.0457. The quantitative estimate of drug-likeness (QED) is 0.112. The van der Waals surface area contributed by atoms with Gasteiger partial charge in [0.25, 0.3) is 0 Å². The lowest BCUT2D eigenvalue weighted by Crippen LogP contribution is -2.01. The lowest BCUT2D eigenvalue weighted by Gasteiger charge is -2.13. The van der Waals surface area contributed by atoms with Gasteiger partial charge in [-0.3, -0.25) is 9.59 Å². The zero-order chi connectivity index (χ0) is 25.9. The third kappa shape index (κ3) is 4.78. The maximum absolute atomic E-state index is 12.3. The van der Waals surface area contributed by atoms with Crippen LogP contribution in [0.1, 0.15) is 80.0 Å². The molecule has 4 aromatic carbocycles. The highest BCUT2D eigenvalue weighted by Gasteiger charge is 2.19. The van der Waals surface area contributed by atoms with Crippen molar-refractivity contribution < 1.29 is 9.59 Å². The number of nitrogens with zero attached hydrogens (tertiary/aromatic N) is 3. The molecule has 0 radical (unpaired) electrons. The number of unbranched alkanes of at least 4 members (excludes halogenated alkanes) is 5. The molecule has 0 bridgehead atoms. The number of hydrogen-bond acceptors (Lipinski definition) is 4. The normalized spacial score (nSPS) is 11.5. The molecule has 0 aliphatic heterocycles. The van der Waals surface area contributed by atoms with Crippen LogP contribution in [0.2, 0.25) is 0 Å². The Balaban J connectivity index is 1.70. The first kappa shape index (κ1) is 24.8. The van der Waals surface area contributed by atoms with E-state index in [1.807, 2.05) is 41.1 Å². The van der Waals surface area contributed by atoms with Crippen LogP contribution >= 0.6 is 0 Å². The molecule has 37 heavy (non-hydrogen) atoms. The largest absolute Gasteiger partial charge is 0.295 e. The molecule has 0 atom stereocenters. The smallest absolute Gasteiger partial charge is 0.159 e. The number of aromatic nitrogens is 3. The molecular weight excluding hydrogens is 458 g/mol. The number of Topliss-reactive ketones (excluding diaryl/α,β-unsaturated/α-hetero) is 2. The fraction of sp³-hybridized carbons (Fsp3) is 0.312. The number of hydrogen-bond donors (Lipinski definition) is 0. The van der Waals surface area contributed by atoms with E-state index >= 15 is 0 Å². The van der Waals surface area contributed by atoms with Crippen LogP contribution in [-0.2, 0) is 6.54 Å². The van der Waals surface area contributed by atoms with Gasteiger partial charge in [-0.25, -0.2) is 4.68 Å². The van der Waals surface area contributed by atoms with Gasteiger partial charge in [-0.1, -0.05) is 98.8 Å². The van der Waals surface area contributed by atoms with Gasteiger partial charge in [0.15, 0.2) is 11.6 Å². The van der Waals surface area contributed by atoms with Crippen LogP contribution in [0.25, 0.3) is 43.7 Å². The molecule has 5 nitrogen and oxygen atoms in total. The molecule has 0 saturated heterocycles. The Morgan fingerprint density at radius 2 is 1.46 bits per heavy atom. The number of aryl methyl sites for hydroxylation is 1. The molecule has 1 aromatic heterocycles. The minimum absolute atomic E-state index is 0.0457. The molecule has 1 heterocycles. The monoisotopic (exact) mass is 491 g/mol. The van der Waals surface area contributed by atoms with Crippen LogP contribution in [0, 0.1) is 0 Å². The third-order valence-corrected chi connectivity index (χ3v) is 7.33. The molecule has 0 aliphatic rings. The highest BCUT2D eigenvalue weighted by molar-refractivity contribution is 6.27. The summed E-state index contributed by atoms with van der Waals surface area (Å²) in [6, 6.07) is 20.0. The van der Waals surface area contributed by atoms with Crippen molar-refractivity contribution in [3.63, 3.8) is 0 Å². The van der Waals surface area contributed by atoms with E-state index < -0.39 is 0 Å². The SMILES string of the molecule is CCCCCCCCn1nnc2c3c(-c4ccc(C(C)=O)cc4)cccc3c3ccc(C(C)=O)cc3c21. The van der Waals surface area contributed by atoms with E-state index in [4.69, 9.17) is 5.10 Å². The van der Waals surface area contributed by atoms with Gasteiger partial charge in [0.2, 0.25) is 0 Å². The maximum atomic E-state index is 12.3. The van der Waals surface area contributed by atoms with Crippen molar-refractivity contribution >= 4 is 44.1 Å². The Morgan fingerprint density at radius 1 is 0.757 bits per heavy atom. The fourth-order valence-corrected chi connectivity index (χ4v) is 5.30. The van der Waals surface area contributed by atoms with Crippen molar-refractivity contribution in [2.75, 3.05) is 0 Å². The molecule has 5 heteroatoms. The predicted molar refractivity (Wildman–Crippen MR) is 151 cm³/mol. The molecule has 5 rings (SSSR count). The van der Waals surface area contributed by atoms with Gasteiger partial charge in [-0.05, 0) is 48.2 Å². The zero-order valence-corrected chi connectivity index (χ0v) is 21.9. The van der Waals surface area contributed by atoms with E-state index in [0.717, 1.165) is 56.7 Å². The molecule has 0 amide bonds. The number of benzene rings is 4. The number of fused-ring (bicyclic) bond motifs is 6. The van der Waals surface area contributed by atoms with Crippen molar-refractivity contribution in [1.29, 1.82) is 0 Å². The van der Waals surface area contributed by atoms with Gasteiger partial charge >= 0.3 is 0 Å². The van der Waals surface area contributed by atoms with Crippen LogP contribution in [-0.4, -0.2) is 26.6 Å².